The van der Waals surface area contributed by atoms with Crippen LogP contribution in [0.2, 0.25) is 0 Å². The molecule has 6 nitrogen and oxygen atoms in total. The van der Waals surface area contributed by atoms with Gasteiger partial charge in [0.25, 0.3) is 17.9 Å². The van der Waals surface area contributed by atoms with Crippen LogP contribution in [0, 0.1) is 0 Å². The highest BCUT2D eigenvalue weighted by Gasteiger charge is 2.33. The van der Waals surface area contributed by atoms with E-state index in [2.05, 4.69) is 10.6 Å². The van der Waals surface area contributed by atoms with E-state index in [0.29, 0.717) is 22.7 Å². The monoisotopic (exact) mass is 310 g/mol. The molecule has 2 N–H and O–H groups in total. The predicted molar refractivity (Wildman–Crippen MR) is 84.6 cm³/mol. The molecule has 1 unspecified atom stereocenters. The Morgan fingerprint density at radius 2 is 1.78 bits per heavy atom. The largest absolute Gasteiger partial charge is 0.468 e. The van der Waals surface area contributed by atoms with Gasteiger partial charge >= 0.3 is 0 Å². The van der Waals surface area contributed by atoms with Crippen molar-refractivity contribution in [3.05, 3.63) is 54.1 Å². The first-order chi connectivity index (χ1) is 11.0. The van der Waals surface area contributed by atoms with Gasteiger partial charge in [0, 0.05) is 11.3 Å². The number of carbonyl (C=O) groups is 3. The molecule has 0 saturated heterocycles. The molecule has 0 radical (unpaired) electrons. The van der Waals surface area contributed by atoms with E-state index >= 15 is 0 Å². The van der Waals surface area contributed by atoms with E-state index in [-0.39, 0.29) is 5.78 Å². The van der Waals surface area contributed by atoms with Crippen molar-refractivity contribution >= 4 is 29.0 Å². The zero-order chi connectivity index (χ0) is 16.4. The van der Waals surface area contributed by atoms with E-state index in [0.717, 1.165) is 0 Å². The van der Waals surface area contributed by atoms with Crippen LogP contribution in [0.1, 0.15) is 17.3 Å². The predicted octanol–water partition coefficient (Wildman–Crippen LogP) is 2.23. The summed E-state index contributed by atoms with van der Waals surface area (Å²) < 4.78 is 5.46. The molecule has 2 amide bonds. The molecule has 1 aliphatic rings. The second-order valence-corrected chi connectivity index (χ2v) is 5.11. The number of hydrogen-bond acceptors (Lipinski definition) is 4. The molecule has 1 aliphatic heterocycles. The van der Waals surface area contributed by atoms with Crippen molar-refractivity contribution in [2.75, 3.05) is 10.6 Å². The van der Waals surface area contributed by atoms with Crippen molar-refractivity contribution < 1.29 is 19.1 Å². The van der Waals surface area contributed by atoms with Crippen LogP contribution >= 0.6 is 0 Å². The standard InChI is InChI=1S/C17H14N2O4/c1-10(20)11-6-8-12(9-7-11)18-16(21)15-17(22)19-13-4-2-3-5-14(13)23-15/h2-9,15H,1H3,(H,18,21)(H,19,22). The highest BCUT2D eigenvalue weighted by atomic mass is 16.5. The Hall–Kier alpha value is -3.15. The maximum atomic E-state index is 12.2. The Kier molecular flexibility index (Phi) is 3.80. The molecule has 116 valence electrons. The lowest BCUT2D eigenvalue weighted by Crippen LogP contribution is -2.45. The van der Waals surface area contributed by atoms with Crippen molar-refractivity contribution in [2.45, 2.75) is 13.0 Å². The number of Topliss-reactive ketones (excluding diaryl/α,β-unsaturated/α-hetero) is 1. The summed E-state index contributed by atoms with van der Waals surface area (Å²) >= 11 is 0. The summed E-state index contributed by atoms with van der Waals surface area (Å²) in [5, 5.41) is 5.23. The van der Waals surface area contributed by atoms with Gasteiger partial charge in [-0.05, 0) is 43.3 Å². The lowest BCUT2D eigenvalue weighted by Gasteiger charge is -2.24. The van der Waals surface area contributed by atoms with E-state index in [1.54, 1.807) is 48.5 Å². The number of fused-ring (bicyclic) bond motifs is 1. The lowest BCUT2D eigenvalue weighted by atomic mass is 10.1. The molecular formula is C17H14N2O4. The van der Waals surface area contributed by atoms with E-state index in [1.807, 2.05) is 0 Å². The first-order valence-corrected chi connectivity index (χ1v) is 7.03. The fourth-order valence-electron chi connectivity index (χ4n) is 2.22. The van der Waals surface area contributed by atoms with Crippen LogP contribution < -0.4 is 15.4 Å². The van der Waals surface area contributed by atoms with Gasteiger partial charge in [0.2, 0.25) is 0 Å². The van der Waals surface area contributed by atoms with Crippen LogP contribution in [0.15, 0.2) is 48.5 Å². The smallest absolute Gasteiger partial charge is 0.275 e. The minimum atomic E-state index is -1.27. The molecule has 1 heterocycles. The van der Waals surface area contributed by atoms with Gasteiger partial charge in [0.15, 0.2) is 5.78 Å². The van der Waals surface area contributed by atoms with Gasteiger partial charge in [-0.25, -0.2) is 0 Å². The number of anilines is 2. The number of hydrogen-bond donors (Lipinski definition) is 2. The van der Waals surface area contributed by atoms with Gasteiger partial charge < -0.3 is 15.4 Å². The van der Waals surface area contributed by atoms with E-state index in [4.69, 9.17) is 4.74 Å². The number of rotatable bonds is 3. The van der Waals surface area contributed by atoms with Crippen molar-refractivity contribution in [1.82, 2.24) is 0 Å². The summed E-state index contributed by atoms with van der Waals surface area (Å²) in [6.45, 7) is 1.46. The van der Waals surface area contributed by atoms with Gasteiger partial charge in [0.05, 0.1) is 5.69 Å². The Balaban J connectivity index is 1.73. The van der Waals surface area contributed by atoms with Crippen molar-refractivity contribution in [3.8, 4) is 5.75 Å². The summed E-state index contributed by atoms with van der Waals surface area (Å²) in [5.74, 6) is -0.720. The lowest BCUT2D eigenvalue weighted by molar-refractivity contribution is -0.133. The van der Waals surface area contributed by atoms with Gasteiger partial charge in [-0.2, -0.15) is 0 Å². The molecule has 1 atom stereocenters. The van der Waals surface area contributed by atoms with E-state index in [9.17, 15) is 14.4 Å². The summed E-state index contributed by atoms with van der Waals surface area (Å²) in [5.41, 5.74) is 1.56. The number of amides is 2. The Morgan fingerprint density at radius 3 is 2.48 bits per heavy atom. The Morgan fingerprint density at radius 1 is 1.09 bits per heavy atom. The number of carbonyl (C=O) groups excluding carboxylic acids is 3. The van der Waals surface area contributed by atoms with Crippen LogP contribution in [-0.4, -0.2) is 23.7 Å². The van der Waals surface area contributed by atoms with Crippen molar-refractivity contribution in [1.29, 1.82) is 0 Å². The van der Waals surface area contributed by atoms with Crippen LogP contribution in [0.5, 0.6) is 5.75 Å². The van der Waals surface area contributed by atoms with Crippen molar-refractivity contribution in [3.63, 3.8) is 0 Å². The molecule has 2 aromatic carbocycles. The summed E-state index contributed by atoms with van der Waals surface area (Å²) in [6.07, 6.45) is -1.27. The quantitative estimate of drug-likeness (QED) is 0.672. The van der Waals surface area contributed by atoms with Crippen LogP contribution in [-0.2, 0) is 9.59 Å². The zero-order valence-electron chi connectivity index (χ0n) is 12.3. The second kappa shape index (κ2) is 5.92. The van der Waals surface area contributed by atoms with E-state index in [1.165, 1.54) is 6.92 Å². The maximum absolute atomic E-state index is 12.2. The zero-order valence-corrected chi connectivity index (χ0v) is 12.3. The number of nitrogens with one attached hydrogen (secondary N) is 2. The fraction of sp³-hybridized carbons (Fsp3) is 0.118. The summed E-state index contributed by atoms with van der Waals surface area (Å²) in [6, 6.07) is 13.3. The molecule has 0 saturated carbocycles. The normalized spacial score (nSPS) is 15.9. The minimum absolute atomic E-state index is 0.0607. The number of ether oxygens (including phenoxy) is 1. The van der Waals surface area contributed by atoms with E-state index < -0.39 is 17.9 Å². The number of benzene rings is 2. The third-order valence-corrected chi connectivity index (χ3v) is 3.42. The first-order valence-electron chi connectivity index (χ1n) is 7.03. The van der Waals surface area contributed by atoms with Gasteiger partial charge in [-0.3, -0.25) is 14.4 Å². The summed E-state index contributed by atoms with van der Waals surface area (Å²) in [7, 11) is 0. The fourth-order valence-corrected chi connectivity index (χ4v) is 2.22. The van der Waals surface area contributed by atoms with Crippen molar-refractivity contribution in [2.24, 2.45) is 0 Å². The molecule has 0 aliphatic carbocycles. The van der Waals surface area contributed by atoms with Crippen LogP contribution in [0.4, 0.5) is 11.4 Å². The van der Waals surface area contributed by atoms with Gasteiger partial charge in [0.1, 0.15) is 5.75 Å². The number of para-hydroxylation sites is 2. The highest BCUT2D eigenvalue weighted by molar-refractivity contribution is 6.15. The van der Waals surface area contributed by atoms with Gasteiger partial charge in [-0.1, -0.05) is 12.1 Å². The topological polar surface area (TPSA) is 84.5 Å². The minimum Gasteiger partial charge on any atom is -0.468 e. The van der Waals surface area contributed by atoms with Crippen LogP contribution in [0.3, 0.4) is 0 Å². The average molecular weight is 310 g/mol. The van der Waals surface area contributed by atoms with Gasteiger partial charge in [-0.15, -0.1) is 0 Å². The second-order valence-electron chi connectivity index (χ2n) is 5.11. The molecule has 23 heavy (non-hydrogen) atoms. The SMILES string of the molecule is CC(=O)c1ccc(NC(=O)C2Oc3ccccc3NC2=O)cc1. The molecule has 3 rings (SSSR count). The number of ketones is 1. The molecule has 0 bridgehead atoms. The Bertz CT molecular complexity index is 783. The molecule has 6 heteroatoms. The highest BCUT2D eigenvalue weighted by Crippen LogP contribution is 2.29. The summed E-state index contributed by atoms with van der Waals surface area (Å²) in [4.78, 5) is 35.5. The molecular weight excluding hydrogens is 296 g/mol. The third kappa shape index (κ3) is 3.06. The third-order valence-electron chi connectivity index (χ3n) is 3.42. The van der Waals surface area contributed by atoms with Crippen LogP contribution in [0.25, 0.3) is 0 Å². The molecule has 0 fully saturated rings. The maximum Gasteiger partial charge on any atom is 0.275 e. The average Bonchev–Trinajstić information content (AvgIpc) is 2.54. The molecule has 0 spiro atoms. The Labute approximate surface area is 132 Å². The molecule has 0 aromatic heterocycles. The first kappa shape index (κ1) is 14.8. The molecule has 2 aromatic rings.